The zero-order valence-electron chi connectivity index (χ0n) is 12.9. The van der Waals surface area contributed by atoms with E-state index in [1.165, 1.54) is 20.9 Å². The first-order chi connectivity index (χ1) is 10.6. The standard InChI is InChI=1S/C17H21NO2S2/c1-11-9-14(22-10-11)15(16-12(2)5-8-21-16)18-6-3-13(4-7-18)17(19)20/h5,8-10,13,15H,3-4,6-7H2,1-2H3,(H,19,20). The molecule has 22 heavy (non-hydrogen) atoms. The Labute approximate surface area is 139 Å². The van der Waals surface area contributed by atoms with Crippen LogP contribution in [0.3, 0.4) is 0 Å². The zero-order chi connectivity index (χ0) is 15.7. The fourth-order valence-corrected chi connectivity index (χ4v) is 5.33. The molecule has 1 saturated heterocycles. The van der Waals surface area contributed by atoms with Crippen molar-refractivity contribution >= 4 is 28.6 Å². The van der Waals surface area contributed by atoms with E-state index < -0.39 is 5.97 Å². The van der Waals surface area contributed by atoms with E-state index in [4.69, 9.17) is 0 Å². The van der Waals surface area contributed by atoms with Crippen LogP contribution >= 0.6 is 22.7 Å². The summed E-state index contributed by atoms with van der Waals surface area (Å²) in [5, 5.41) is 13.6. The summed E-state index contributed by atoms with van der Waals surface area (Å²) in [7, 11) is 0. The van der Waals surface area contributed by atoms with Gasteiger partial charge in [0.1, 0.15) is 0 Å². The van der Waals surface area contributed by atoms with E-state index in [-0.39, 0.29) is 12.0 Å². The van der Waals surface area contributed by atoms with Crippen LogP contribution in [0, 0.1) is 19.8 Å². The molecule has 0 aromatic carbocycles. The van der Waals surface area contributed by atoms with Crippen LogP contribution in [0.25, 0.3) is 0 Å². The minimum atomic E-state index is -0.643. The number of carboxylic acid groups (broad SMARTS) is 1. The molecule has 2 aromatic heterocycles. The molecule has 2 aromatic rings. The summed E-state index contributed by atoms with van der Waals surface area (Å²) in [6, 6.07) is 4.74. The van der Waals surface area contributed by atoms with Crippen molar-refractivity contribution < 1.29 is 9.90 Å². The summed E-state index contributed by atoms with van der Waals surface area (Å²) in [6.45, 7) is 6.02. The first-order valence-electron chi connectivity index (χ1n) is 7.62. The molecule has 1 aliphatic rings. The van der Waals surface area contributed by atoms with Crippen LogP contribution in [0.1, 0.15) is 39.8 Å². The highest BCUT2D eigenvalue weighted by Crippen LogP contribution is 2.39. The number of thiophene rings is 2. The van der Waals surface area contributed by atoms with Gasteiger partial charge in [0, 0.05) is 9.75 Å². The van der Waals surface area contributed by atoms with Gasteiger partial charge in [0.15, 0.2) is 0 Å². The third-order valence-electron chi connectivity index (χ3n) is 4.41. The van der Waals surface area contributed by atoms with E-state index in [0.717, 1.165) is 25.9 Å². The molecule has 3 heterocycles. The van der Waals surface area contributed by atoms with Crippen LogP contribution < -0.4 is 0 Å². The summed E-state index contributed by atoms with van der Waals surface area (Å²) < 4.78 is 0. The maximum absolute atomic E-state index is 11.2. The highest BCUT2D eigenvalue weighted by molar-refractivity contribution is 7.11. The second kappa shape index (κ2) is 6.52. The number of hydrogen-bond donors (Lipinski definition) is 1. The van der Waals surface area contributed by atoms with Gasteiger partial charge in [-0.15, -0.1) is 22.7 Å². The van der Waals surface area contributed by atoms with Gasteiger partial charge in [0.05, 0.1) is 12.0 Å². The molecular formula is C17H21NO2S2. The van der Waals surface area contributed by atoms with Gasteiger partial charge < -0.3 is 5.11 Å². The molecule has 0 amide bonds. The van der Waals surface area contributed by atoms with Crippen LogP contribution in [0.2, 0.25) is 0 Å². The summed E-state index contributed by atoms with van der Waals surface area (Å²) in [5.41, 5.74) is 2.64. The molecule has 1 N–H and O–H groups in total. The van der Waals surface area contributed by atoms with E-state index >= 15 is 0 Å². The fourth-order valence-electron chi connectivity index (χ4n) is 3.14. The van der Waals surface area contributed by atoms with Crippen molar-refractivity contribution in [2.75, 3.05) is 13.1 Å². The van der Waals surface area contributed by atoms with Crippen molar-refractivity contribution in [1.82, 2.24) is 4.90 Å². The quantitative estimate of drug-likeness (QED) is 0.905. The number of likely N-dealkylation sites (tertiary alicyclic amines) is 1. The van der Waals surface area contributed by atoms with Crippen LogP contribution in [0.15, 0.2) is 22.9 Å². The Kier molecular flexibility index (Phi) is 4.66. The molecule has 5 heteroatoms. The maximum atomic E-state index is 11.2. The Hall–Kier alpha value is -1.17. The van der Waals surface area contributed by atoms with Gasteiger partial charge in [0.25, 0.3) is 0 Å². The van der Waals surface area contributed by atoms with E-state index in [1.54, 1.807) is 0 Å². The molecule has 1 fully saturated rings. The number of piperidine rings is 1. The highest BCUT2D eigenvalue weighted by atomic mass is 32.1. The van der Waals surface area contributed by atoms with Gasteiger partial charge >= 0.3 is 5.97 Å². The summed E-state index contributed by atoms with van der Waals surface area (Å²) in [6.07, 6.45) is 1.50. The average molecular weight is 335 g/mol. The lowest BCUT2D eigenvalue weighted by Crippen LogP contribution is -2.38. The molecule has 3 nitrogen and oxygen atoms in total. The Morgan fingerprint density at radius 3 is 2.55 bits per heavy atom. The minimum Gasteiger partial charge on any atom is -0.481 e. The molecule has 0 aliphatic carbocycles. The van der Waals surface area contributed by atoms with Crippen LogP contribution in [0.4, 0.5) is 0 Å². The van der Waals surface area contributed by atoms with Gasteiger partial charge in [-0.25, -0.2) is 0 Å². The molecule has 3 rings (SSSR count). The van der Waals surface area contributed by atoms with E-state index in [0.29, 0.717) is 0 Å². The second-order valence-corrected chi connectivity index (χ2v) is 7.94. The first-order valence-corrected chi connectivity index (χ1v) is 9.38. The monoisotopic (exact) mass is 335 g/mol. The number of aliphatic carboxylic acids is 1. The molecular weight excluding hydrogens is 314 g/mol. The lowest BCUT2D eigenvalue weighted by Gasteiger charge is -2.36. The molecule has 1 aliphatic heterocycles. The number of hydrogen-bond acceptors (Lipinski definition) is 4. The third kappa shape index (κ3) is 3.12. The smallest absolute Gasteiger partial charge is 0.306 e. The van der Waals surface area contributed by atoms with E-state index in [1.807, 2.05) is 22.7 Å². The van der Waals surface area contributed by atoms with Crippen molar-refractivity contribution in [3.8, 4) is 0 Å². The third-order valence-corrected chi connectivity index (χ3v) is 6.59. The summed E-state index contributed by atoms with van der Waals surface area (Å²) >= 11 is 3.63. The predicted octanol–water partition coefficient (Wildman–Crippen LogP) is 4.31. The lowest BCUT2D eigenvalue weighted by molar-refractivity contribution is -0.143. The highest BCUT2D eigenvalue weighted by Gasteiger charge is 2.31. The van der Waals surface area contributed by atoms with Gasteiger partial charge in [-0.2, -0.15) is 0 Å². The van der Waals surface area contributed by atoms with Gasteiger partial charge in [-0.3, -0.25) is 9.69 Å². The summed E-state index contributed by atoms with van der Waals surface area (Å²) in [4.78, 5) is 16.4. The Morgan fingerprint density at radius 1 is 1.32 bits per heavy atom. The lowest BCUT2D eigenvalue weighted by atomic mass is 9.95. The van der Waals surface area contributed by atoms with Gasteiger partial charge in [-0.1, -0.05) is 0 Å². The van der Waals surface area contributed by atoms with Crippen molar-refractivity contribution in [3.05, 3.63) is 43.8 Å². The number of aryl methyl sites for hydroxylation is 2. The molecule has 118 valence electrons. The Morgan fingerprint density at radius 2 is 2.05 bits per heavy atom. The minimum absolute atomic E-state index is 0.175. The molecule has 0 bridgehead atoms. The predicted molar refractivity (Wildman–Crippen MR) is 91.9 cm³/mol. The number of carboxylic acids is 1. The molecule has 0 radical (unpaired) electrons. The average Bonchev–Trinajstić information content (AvgIpc) is 3.10. The first kappa shape index (κ1) is 15.7. The summed E-state index contributed by atoms with van der Waals surface area (Å²) in [5.74, 6) is -0.818. The normalized spacial score (nSPS) is 18.5. The van der Waals surface area contributed by atoms with Crippen molar-refractivity contribution in [1.29, 1.82) is 0 Å². The van der Waals surface area contributed by atoms with Crippen LogP contribution in [-0.4, -0.2) is 29.1 Å². The van der Waals surface area contributed by atoms with Crippen molar-refractivity contribution in [2.24, 2.45) is 5.92 Å². The van der Waals surface area contributed by atoms with Gasteiger partial charge in [-0.05, 0) is 73.8 Å². The van der Waals surface area contributed by atoms with Crippen LogP contribution in [0.5, 0.6) is 0 Å². The second-order valence-electron chi connectivity index (χ2n) is 6.05. The number of nitrogens with zero attached hydrogens (tertiary/aromatic N) is 1. The molecule has 1 unspecified atom stereocenters. The number of carbonyl (C=O) groups is 1. The number of rotatable bonds is 4. The fraction of sp³-hybridized carbons (Fsp3) is 0.471. The van der Waals surface area contributed by atoms with Crippen molar-refractivity contribution in [2.45, 2.75) is 32.7 Å². The van der Waals surface area contributed by atoms with Gasteiger partial charge in [0.2, 0.25) is 0 Å². The van der Waals surface area contributed by atoms with E-state index in [9.17, 15) is 9.90 Å². The maximum Gasteiger partial charge on any atom is 0.306 e. The largest absolute Gasteiger partial charge is 0.481 e. The van der Waals surface area contributed by atoms with Crippen LogP contribution in [-0.2, 0) is 4.79 Å². The Bertz CT molecular complexity index is 653. The molecule has 1 atom stereocenters. The topological polar surface area (TPSA) is 40.5 Å². The van der Waals surface area contributed by atoms with E-state index in [2.05, 4.69) is 41.6 Å². The zero-order valence-corrected chi connectivity index (χ0v) is 14.5. The molecule has 0 saturated carbocycles. The van der Waals surface area contributed by atoms with Crippen molar-refractivity contribution in [3.63, 3.8) is 0 Å². The Balaban J connectivity index is 1.87. The molecule has 0 spiro atoms. The SMILES string of the molecule is Cc1csc(C(c2sccc2C)N2CCC(C(=O)O)CC2)c1.